The van der Waals surface area contributed by atoms with Gasteiger partial charge in [-0.25, -0.2) is 0 Å². The minimum atomic E-state index is -4.70. The predicted molar refractivity (Wildman–Crippen MR) is 110 cm³/mol. The topological polar surface area (TPSA) is 71.3 Å². The fourth-order valence-electron chi connectivity index (χ4n) is 2.97. The number of nitrogens with zero attached hydrogens (tertiary/aromatic N) is 1. The Hall–Kier alpha value is -3.21. The van der Waals surface area contributed by atoms with Gasteiger partial charge in [0, 0.05) is 6.54 Å². The highest BCUT2D eigenvalue weighted by molar-refractivity contribution is 5.81. The van der Waals surface area contributed by atoms with Gasteiger partial charge in [0.25, 0.3) is 5.91 Å². The van der Waals surface area contributed by atoms with Crippen LogP contribution in [-0.2, 0) is 17.4 Å². The Bertz CT molecular complexity index is 919. The maximum absolute atomic E-state index is 13.2. The van der Waals surface area contributed by atoms with Crippen LogP contribution in [0.2, 0.25) is 0 Å². The molecule has 1 atom stereocenters. The highest BCUT2D eigenvalue weighted by atomic mass is 19.4. The van der Waals surface area contributed by atoms with Crippen LogP contribution in [0.4, 0.5) is 13.2 Å². The highest BCUT2D eigenvalue weighted by Gasteiger charge is 2.34. The second kappa shape index (κ2) is 10.7. The van der Waals surface area contributed by atoms with Gasteiger partial charge in [-0.1, -0.05) is 26.0 Å². The summed E-state index contributed by atoms with van der Waals surface area (Å²) in [4.78, 5) is 12.6. The van der Waals surface area contributed by atoms with Gasteiger partial charge in [0.15, 0.2) is 6.10 Å². The number of halogens is 3. The predicted octanol–water partition coefficient (Wildman–Crippen LogP) is 4.74. The number of rotatable bonds is 9. The van der Waals surface area contributed by atoms with E-state index < -0.39 is 29.3 Å². The van der Waals surface area contributed by atoms with Gasteiger partial charge in [-0.3, -0.25) is 4.79 Å². The summed E-state index contributed by atoms with van der Waals surface area (Å²) in [5.74, 6) is 0.305. The lowest BCUT2D eigenvalue weighted by atomic mass is 10.0. The largest absolute Gasteiger partial charge is 0.497 e. The highest BCUT2D eigenvalue weighted by Crippen LogP contribution is 2.34. The van der Waals surface area contributed by atoms with E-state index in [9.17, 15) is 18.0 Å². The molecule has 8 heteroatoms. The van der Waals surface area contributed by atoms with E-state index in [1.165, 1.54) is 12.1 Å². The second-order valence-electron chi connectivity index (χ2n) is 7.44. The normalized spacial score (nSPS) is 12.2. The van der Waals surface area contributed by atoms with Crippen LogP contribution in [0.15, 0.2) is 42.5 Å². The number of amides is 1. The van der Waals surface area contributed by atoms with Gasteiger partial charge < -0.3 is 14.8 Å². The lowest BCUT2D eigenvalue weighted by Gasteiger charge is -2.21. The number of nitriles is 1. The molecule has 0 heterocycles. The minimum absolute atomic E-state index is 0.0813. The Morgan fingerprint density at radius 2 is 1.77 bits per heavy atom. The summed E-state index contributed by atoms with van der Waals surface area (Å²) in [5.41, 5.74) is -0.579. The van der Waals surface area contributed by atoms with Crippen LogP contribution in [0, 0.1) is 17.2 Å². The van der Waals surface area contributed by atoms with E-state index in [0.29, 0.717) is 19.4 Å². The van der Waals surface area contributed by atoms with Gasteiger partial charge in [0.1, 0.15) is 11.5 Å². The van der Waals surface area contributed by atoms with E-state index in [0.717, 1.165) is 23.4 Å². The van der Waals surface area contributed by atoms with Crippen LogP contribution < -0.4 is 14.8 Å². The third kappa shape index (κ3) is 7.21. The van der Waals surface area contributed by atoms with Gasteiger partial charge in [0.05, 0.1) is 24.3 Å². The number of nitrogens with one attached hydrogen (secondary N) is 1. The van der Waals surface area contributed by atoms with Gasteiger partial charge in [-0.2, -0.15) is 18.4 Å². The van der Waals surface area contributed by atoms with Crippen molar-refractivity contribution in [3.05, 3.63) is 59.2 Å². The average molecular weight is 434 g/mol. The molecular formula is C23H25F3N2O3. The van der Waals surface area contributed by atoms with Crippen molar-refractivity contribution in [1.29, 1.82) is 5.26 Å². The van der Waals surface area contributed by atoms with E-state index in [1.54, 1.807) is 7.11 Å². The summed E-state index contributed by atoms with van der Waals surface area (Å²) >= 11 is 0. The van der Waals surface area contributed by atoms with E-state index in [-0.39, 0.29) is 11.7 Å². The molecule has 2 aromatic rings. The zero-order valence-electron chi connectivity index (χ0n) is 17.6. The maximum Gasteiger partial charge on any atom is 0.417 e. The number of benzene rings is 2. The number of ether oxygens (including phenoxy) is 2. The van der Waals surface area contributed by atoms with E-state index in [1.807, 2.05) is 38.1 Å². The Morgan fingerprint density at radius 1 is 1.13 bits per heavy atom. The number of hydrogen-bond acceptors (Lipinski definition) is 4. The molecule has 0 aliphatic heterocycles. The first-order valence-electron chi connectivity index (χ1n) is 9.82. The third-order valence-electron chi connectivity index (χ3n) is 4.55. The van der Waals surface area contributed by atoms with E-state index in [2.05, 4.69) is 5.32 Å². The molecule has 2 rings (SSSR count). The summed E-state index contributed by atoms with van der Waals surface area (Å²) in [6.07, 6.45) is -4.74. The fraction of sp³-hybridized carbons (Fsp3) is 0.391. The van der Waals surface area contributed by atoms with Crippen LogP contribution in [-0.4, -0.2) is 25.7 Å². The lowest BCUT2D eigenvalue weighted by Crippen LogP contribution is -2.40. The van der Waals surface area contributed by atoms with Crippen LogP contribution in [0.3, 0.4) is 0 Å². The summed E-state index contributed by atoms with van der Waals surface area (Å²) in [7, 11) is 1.58. The molecule has 31 heavy (non-hydrogen) atoms. The van der Waals surface area contributed by atoms with Gasteiger partial charge >= 0.3 is 6.18 Å². The molecule has 1 amide bonds. The first-order chi connectivity index (χ1) is 14.6. The minimum Gasteiger partial charge on any atom is -0.497 e. The molecule has 0 bridgehead atoms. The monoisotopic (exact) mass is 434 g/mol. The van der Waals surface area contributed by atoms with Crippen molar-refractivity contribution in [1.82, 2.24) is 5.32 Å². The first kappa shape index (κ1) is 24.1. The quantitative estimate of drug-likeness (QED) is 0.619. The second-order valence-corrected chi connectivity index (χ2v) is 7.44. The zero-order chi connectivity index (χ0) is 23.0. The molecule has 0 aliphatic carbocycles. The fourth-order valence-corrected chi connectivity index (χ4v) is 2.97. The molecule has 2 aromatic carbocycles. The molecule has 0 aliphatic rings. The standard InChI is InChI=1S/C23H25F3N2O3/c1-15(2)12-21(22(29)28-11-10-16-4-7-18(30-3)8-5-16)31-19-9-6-17(14-27)20(13-19)23(24,25)26/h4-9,13,15,21H,10-12H2,1-3H3,(H,28,29). The van der Waals surface area contributed by atoms with Crippen molar-refractivity contribution in [2.24, 2.45) is 5.92 Å². The summed E-state index contributed by atoms with van der Waals surface area (Å²) in [6.45, 7) is 4.13. The Balaban J connectivity index is 2.07. The molecule has 0 aromatic heterocycles. The molecule has 0 saturated carbocycles. The smallest absolute Gasteiger partial charge is 0.417 e. The average Bonchev–Trinajstić information content (AvgIpc) is 2.72. The van der Waals surface area contributed by atoms with Crippen LogP contribution >= 0.6 is 0 Å². The van der Waals surface area contributed by atoms with Crippen molar-refractivity contribution >= 4 is 5.91 Å². The maximum atomic E-state index is 13.2. The number of hydrogen-bond donors (Lipinski definition) is 1. The Morgan fingerprint density at radius 3 is 2.32 bits per heavy atom. The number of alkyl halides is 3. The molecule has 1 unspecified atom stereocenters. The van der Waals surface area contributed by atoms with Crippen LogP contribution in [0.1, 0.15) is 37.0 Å². The van der Waals surface area contributed by atoms with Gasteiger partial charge in [-0.15, -0.1) is 0 Å². The first-order valence-corrected chi connectivity index (χ1v) is 9.82. The molecule has 0 saturated heterocycles. The van der Waals surface area contributed by atoms with Crippen molar-refractivity contribution in [3.8, 4) is 17.6 Å². The molecule has 166 valence electrons. The SMILES string of the molecule is COc1ccc(CCNC(=O)C(CC(C)C)Oc2ccc(C#N)c(C(F)(F)F)c2)cc1. The van der Waals surface area contributed by atoms with Crippen molar-refractivity contribution in [2.45, 2.75) is 39.0 Å². The molecule has 5 nitrogen and oxygen atoms in total. The zero-order valence-corrected chi connectivity index (χ0v) is 17.6. The Labute approximate surface area is 179 Å². The molecule has 0 spiro atoms. The molecule has 0 fully saturated rings. The van der Waals surface area contributed by atoms with E-state index in [4.69, 9.17) is 14.7 Å². The number of carbonyl (C=O) groups is 1. The van der Waals surface area contributed by atoms with Crippen molar-refractivity contribution < 1.29 is 27.4 Å². The summed E-state index contributed by atoms with van der Waals surface area (Å²) in [6, 6.07) is 12.0. The Kier molecular flexibility index (Phi) is 8.31. The van der Waals surface area contributed by atoms with E-state index >= 15 is 0 Å². The summed E-state index contributed by atoms with van der Waals surface area (Å²) < 4.78 is 50.3. The van der Waals surface area contributed by atoms with Crippen molar-refractivity contribution in [2.75, 3.05) is 13.7 Å². The van der Waals surface area contributed by atoms with Gasteiger partial charge in [0.2, 0.25) is 0 Å². The third-order valence-corrected chi connectivity index (χ3v) is 4.55. The van der Waals surface area contributed by atoms with Crippen LogP contribution in [0.5, 0.6) is 11.5 Å². The summed E-state index contributed by atoms with van der Waals surface area (Å²) in [5, 5.41) is 11.7. The van der Waals surface area contributed by atoms with Gasteiger partial charge in [-0.05, 0) is 54.7 Å². The molecule has 1 N–H and O–H groups in total. The van der Waals surface area contributed by atoms with Crippen molar-refractivity contribution in [3.63, 3.8) is 0 Å². The lowest BCUT2D eigenvalue weighted by molar-refractivity contribution is -0.137. The van der Waals surface area contributed by atoms with Crippen LogP contribution in [0.25, 0.3) is 0 Å². The molecule has 0 radical (unpaired) electrons. The molecular weight excluding hydrogens is 409 g/mol. The number of methoxy groups -OCH3 is 1. The number of carbonyl (C=O) groups excluding carboxylic acids is 1.